The van der Waals surface area contributed by atoms with Gasteiger partial charge < -0.3 is 9.47 Å². The van der Waals surface area contributed by atoms with Crippen LogP contribution in [0.4, 0.5) is 0 Å². The number of hydrogen-bond donors (Lipinski definition) is 0. The lowest BCUT2D eigenvalue weighted by atomic mass is 9.79. The summed E-state index contributed by atoms with van der Waals surface area (Å²) in [5.74, 6) is 2.73. The first-order chi connectivity index (χ1) is 18.9. The highest BCUT2D eigenvalue weighted by Crippen LogP contribution is 2.51. The molecule has 0 unspecified atom stereocenters. The van der Waals surface area contributed by atoms with Gasteiger partial charge in [0.05, 0.1) is 13.2 Å². The third-order valence-electron chi connectivity index (χ3n) is 8.11. The first-order valence-corrected chi connectivity index (χ1v) is 15.0. The summed E-state index contributed by atoms with van der Waals surface area (Å²) in [4.78, 5) is 0. The van der Waals surface area contributed by atoms with Gasteiger partial charge in [-0.05, 0) is 99.0 Å². The van der Waals surface area contributed by atoms with Crippen molar-refractivity contribution < 1.29 is 9.47 Å². The molecule has 0 saturated carbocycles. The van der Waals surface area contributed by atoms with Gasteiger partial charge in [-0.15, -0.1) is 0 Å². The lowest BCUT2D eigenvalue weighted by Crippen LogP contribution is -2.07. The summed E-state index contributed by atoms with van der Waals surface area (Å²) in [6.45, 7) is 15.3. The van der Waals surface area contributed by atoms with Crippen LogP contribution in [0.25, 0.3) is 33.0 Å². The van der Waals surface area contributed by atoms with Crippen LogP contribution in [-0.4, -0.2) is 13.2 Å². The molecule has 0 bridgehead atoms. The van der Waals surface area contributed by atoms with E-state index in [1.807, 2.05) is 0 Å². The van der Waals surface area contributed by atoms with Gasteiger partial charge in [0.2, 0.25) is 0 Å². The molecule has 4 aromatic carbocycles. The molecule has 0 fully saturated rings. The van der Waals surface area contributed by atoms with E-state index in [1.165, 1.54) is 55.3 Å². The fourth-order valence-electron chi connectivity index (χ4n) is 6.11. The highest BCUT2D eigenvalue weighted by molar-refractivity contribution is 6.04. The van der Waals surface area contributed by atoms with Crippen LogP contribution >= 0.6 is 0 Å². The van der Waals surface area contributed by atoms with Gasteiger partial charge in [-0.3, -0.25) is 0 Å². The van der Waals surface area contributed by atoms with E-state index in [0.717, 1.165) is 56.8 Å². The van der Waals surface area contributed by atoms with Crippen LogP contribution in [0.1, 0.15) is 101 Å². The molecule has 39 heavy (non-hydrogen) atoms. The first kappa shape index (κ1) is 27.3. The summed E-state index contributed by atoms with van der Waals surface area (Å²) < 4.78 is 12.8. The summed E-state index contributed by atoms with van der Waals surface area (Å²) in [5.41, 5.74) is 11.1. The summed E-state index contributed by atoms with van der Waals surface area (Å²) in [7, 11) is 0. The van der Waals surface area contributed by atoms with Gasteiger partial charge >= 0.3 is 0 Å². The Labute approximate surface area is 235 Å². The average Bonchev–Trinajstić information content (AvgIpc) is 3.30. The van der Waals surface area contributed by atoms with Crippen LogP contribution in [0.2, 0.25) is 0 Å². The van der Waals surface area contributed by atoms with Crippen LogP contribution < -0.4 is 9.47 Å². The van der Waals surface area contributed by atoms with Crippen molar-refractivity contribution in [2.45, 2.75) is 85.5 Å². The quantitative estimate of drug-likeness (QED) is 0.161. The van der Waals surface area contributed by atoms with Crippen molar-refractivity contribution >= 4 is 10.8 Å². The Balaban J connectivity index is 1.84. The molecule has 0 N–H and O–H groups in total. The van der Waals surface area contributed by atoms with Gasteiger partial charge in [0, 0.05) is 5.56 Å². The van der Waals surface area contributed by atoms with Gasteiger partial charge in [-0.25, -0.2) is 0 Å². The van der Waals surface area contributed by atoms with Gasteiger partial charge in [0.15, 0.2) is 0 Å². The van der Waals surface area contributed by atoms with Crippen molar-refractivity contribution in [2.75, 3.05) is 13.2 Å². The van der Waals surface area contributed by atoms with Crippen LogP contribution in [0.3, 0.4) is 0 Å². The van der Waals surface area contributed by atoms with Crippen LogP contribution in [0.5, 0.6) is 11.5 Å². The van der Waals surface area contributed by atoms with Crippen molar-refractivity contribution in [3.63, 3.8) is 0 Å². The molecule has 1 aliphatic carbocycles. The van der Waals surface area contributed by atoms with Gasteiger partial charge in [-0.1, -0.05) is 96.8 Å². The number of benzene rings is 4. The number of unbranched alkanes of at least 4 members (excludes halogenated alkanes) is 2. The number of fused-ring (bicyclic) bond motifs is 4. The first-order valence-electron chi connectivity index (χ1n) is 15.0. The molecule has 5 rings (SSSR count). The lowest BCUT2D eigenvalue weighted by Gasteiger charge is -2.26. The molecule has 0 aromatic heterocycles. The second-order valence-corrected chi connectivity index (χ2v) is 11.6. The molecular formula is C37H44O2. The minimum Gasteiger partial charge on any atom is -0.494 e. The highest BCUT2D eigenvalue weighted by atomic mass is 16.5. The average molecular weight is 521 g/mol. The Morgan fingerprint density at radius 2 is 1.44 bits per heavy atom. The second kappa shape index (κ2) is 11.9. The predicted octanol–water partition coefficient (Wildman–Crippen LogP) is 10.7. The molecular weight excluding hydrogens is 476 g/mol. The molecule has 0 spiro atoms. The second-order valence-electron chi connectivity index (χ2n) is 11.6. The maximum absolute atomic E-state index is 6.61. The van der Waals surface area contributed by atoms with Crippen molar-refractivity contribution in [3.05, 3.63) is 82.9 Å². The van der Waals surface area contributed by atoms with Crippen LogP contribution in [0, 0.1) is 0 Å². The molecule has 0 saturated heterocycles. The summed E-state index contributed by atoms with van der Waals surface area (Å²) in [6, 6.07) is 22.4. The topological polar surface area (TPSA) is 18.5 Å². The van der Waals surface area contributed by atoms with Gasteiger partial charge in [0.25, 0.3) is 0 Å². The van der Waals surface area contributed by atoms with E-state index in [4.69, 9.17) is 9.47 Å². The Kier molecular flexibility index (Phi) is 8.31. The van der Waals surface area contributed by atoms with Crippen molar-refractivity contribution in [2.24, 2.45) is 0 Å². The maximum atomic E-state index is 6.61. The molecule has 0 atom stereocenters. The van der Waals surface area contributed by atoms with E-state index >= 15 is 0 Å². The summed E-state index contributed by atoms with van der Waals surface area (Å²) >= 11 is 0. The van der Waals surface area contributed by atoms with Crippen LogP contribution in [0.15, 0.2) is 60.7 Å². The zero-order valence-corrected chi connectivity index (χ0v) is 24.7. The van der Waals surface area contributed by atoms with E-state index in [0.29, 0.717) is 11.8 Å². The Bertz CT molecular complexity index is 1460. The SMILES string of the molecule is CCCCOc1ccc2ccc(OCCCC)c(-c3c4c(cc(C(C)C)c3C(C)C)-c3ccccc3C4)c2c1. The normalized spacial score (nSPS) is 12.3. The van der Waals surface area contributed by atoms with E-state index in [2.05, 4.69) is 102 Å². The molecule has 0 heterocycles. The molecule has 204 valence electrons. The Morgan fingerprint density at radius 3 is 2.15 bits per heavy atom. The van der Waals surface area contributed by atoms with Gasteiger partial charge in [0.1, 0.15) is 11.5 Å². The fourth-order valence-corrected chi connectivity index (χ4v) is 6.11. The monoisotopic (exact) mass is 520 g/mol. The third-order valence-corrected chi connectivity index (χ3v) is 8.11. The zero-order valence-electron chi connectivity index (χ0n) is 24.7. The number of hydrogen-bond acceptors (Lipinski definition) is 2. The number of ether oxygens (including phenoxy) is 2. The zero-order chi connectivity index (χ0) is 27.5. The molecule has 0 amide bonds. The summed E-state index contributed by atoms with van der Waals surface area (Å²) in [5, 5.41) is 2.45. The standard InChI is InChI=1S/C37H44O2/c1-7-9-19-38-28-17-15-26-16-18-34(39-20-10-8-2)36(31(26)22-28)37-33-21-27-13-11-12-14-29(27)32(33)23-30(24(3)4)35(37)25(5)6/h11-18,22-25H,7-10,19-21H2,1-6H3. The van der Waals surface area contributed by atoms with E-state index < -0.39 is 0 Å². The van der Waals surface area contributed by atoms with Crippen molar-refractivity contribution in [3.8, 4) is 33.8 Å². The van der Waals surface area contributed by atoms with Crippen molar-refractivity contribution in [1.82, 2.24) is 0 Å². The minimum absolute atomic E-state index is 0.383. The van der Waals surface area contributed by atoms with E-state index in [9.17, 15) is 0 Å². The van der Waals surface area contributed by atoms with Crippen LogP contribution in [-0.2, 0) is 6.42 Å². The largest absolute Gasteiger partial charge is 0.494 e. The number of rotatable bonds is 11. The van der Waals surface area contributed by atoms with Crippen molar-refractivity contribution in [1.29, 1.82) is 0 Å². The smallest absolute Gasteiger partial charge is 0.127 e. The Morgan fingerprint density at radius 1 is 0.718 bits per heavy atom. The Hall–Kier alpha value is -3.26. The fraction of sp³-hybridized carbons (Fsp3) is 0.405. The molecule has 4 aromatic rings. The summed E-state index contributed by atoms with van der Waals surface area (Å²) in [6.07, 6.45) is 5.30. The van der Waals surface area contributed by atoms with E-state index in [-0.39, 0.29) is 0 Å². The van der Waals surface area contributed by atoms with Gasteiger partial charge in [-0.2, -0.15) is 0 Å². The minimum atomic E-state index is 0.383. The maximum Gasteiger partial charge on any atom is 0.127 e. The molecule has 2 nitrogen and oxygen atoms in total. The third kappa shape index (κ3) is 5.31. The molecule has 0 aliphatic heterocycles. The predicted molar refractivity (Wildman–Crippen MR) is 167 cm³/mol. The molecule has 2 heteroatoms. The molecule has 1 aliphatic rings. The highest BCUT2D eigenvalue weighted by Gasteiger charge is 2.30. The van der Waals surface area contributed by atoms with E-state index in [1.54, 1.807) is 0 Å². The molecule has 0 radical (unpaired) electrons. The lowest BCUT2D eigenvalue weighted by molar-refractivity contribution is 0.309.